The molecule has 0 aromatic heterocycles. The van der Waals surface area contributed by atoms with Crippen molar-refractivity contribution in [2.75, 3.05) is 33.4 Å². The van der Waals surface area contributed by atoms with Gasteiger partial charge in [0.25, 0.3) is 0 Å². The van der Waals surface area contributed by atoms with Crippen LogP contribution in [0.1, 0.15) is 50.7 Å². The smallest absolute Gasteiger partial charge is 0.248 e. The van der Waals surface area contributed by atoms with Gasteiger partial charge < -0.3 is 24.2 Å². The lowest BCUT2D eigenvalue weighted by Gasteiger charge is -2.41. The Morgan fingerprint density at radius 3 is 2.53 bits per heavy atom. The number of aliphatic hydroxyl groups is 1. The molecule has 2 fully saturated rings. The summed E-state index contributed by atoms with van der Waals surface area (Å²) in [6.07, 6.45) is 2.43. The minimum Gasteiger partial charge on any atom is -0.493 e. The molecule has 2 aromatic carbocycles. The average Bonchev–Trinajstić information content (AvgIpc) is 3.57. The largest absolute Gasteiger partial charge is 0.493 e. The summed E-state index contributed by atoms with van der Waals surface area (Å²) in [6.45, 7) is 7.79. The van der Waals surface area contributed by atoms with Gasteiger partial charge in [-0.1, -0.05) is 43.3 Å². The van der Waals surface area contributed by atoms with Gasteiger partial charge in [0.15, 0.2) is 11.5 Å². The molecular formula is C28H37NO5. The zero-order valence-corrected chi connectivity index (χ0v) is 20.8. The molecule has 2 aliphatic rings. The first-order valence-electron chi connectivity index (χ1n) is 12.1. The van der Waals surface area contributed by atoms with Gasteiger partial charge in [-0.15, -0.1) is 0 Å². The van der Waals surface area contributed by atoms with Gasteiger partial charge in [0, 0.05) is 24.4 Å². The second-order valence-corrected chi connectivity index (χ2v) is 10.4. The van der Waals surface area contributed by atoms with E-state index in [2.05, 4.69) is 6.92 Å². The Labute approximate surface area is 202 Å². The number of nitrogens with zero attached hydrogens (tertiary/aromatic N) is 1. The standard InChI is InChI=1S/C28H37NO5/c1-27(2,31)28(3)19-29(26(30)18-33-16-20-8-6-5-7-9-20)15-23(28)22-12-13-24(32-4)25(14-22)34-17-21-10-11-21/h5-9,12-14,21,23,31H,10-11,15-19H2,1-4H3. The molecule has 1 heterocycles. The third-order valence-electron chi connectivity index (χ3n) is 7.54. The first kappa shape index (κ1) is 24.6. The van der Waals surface area contributed by atoms with Crippen LogP contribution in [0.3, 0.4) is 0 Å². The Morgan fingerprint density at radius 1 is 1.15 bits per heavy atom. The van der Waals surface area contributed by atoms with Gasteiger partial charge in [0.2, 0.25) is 5.91 Å². The van der Waals surface area contributed by atoms with Gasteiger partial charge in [0.05, 0.1) is 25.9 Å². The highest BCUT2D eigenvalue weighted by atomic mass is 16.5. The molecule has 2 aromatic rings. The van der Waals surface area contributed by atoms with E-state index >= 15 is 0 Å². The second-order valence-electron chi connectivity index (χ2n) is 10.4. The number of ether oxygens (including phenoxy) is 3. The number of carbonyl (C=O) groups is 1. The van der Waals surface area contributed by atoms with E-state index in [1.54, 1.807) is 7.11 Å². The molecule has 1 saturated carbocycles. The lowest BCUT2D eigenvalue weighted by molar-refractivity contribution is -0.136. The van der Waals surface area contributed by atoms with E-state index in [0.29, 0.717) is 38.0 Å². The van der Waals surface area contributed by atoms with Gasteiger partial charge in [-0.05, 0) is 55.9 Å². The lowest BCUT2D eigenvalue weighted by Crippen LogP contribution is -2.47. The van der Waals surface area contributed by atoms with Crippen LogP contribution in [0.2, 0.25) is 0 Å². The molecule has 1 aliphatic carbocycles. The predicted molar refractivity (Wildman–Crippen MR) is 131 cm³/mol. The Hall–Kier alpha value is -2.57. The fourth-order valence-electron chi connectivity index (χ4n) is 4.71. The number of hydrogen-bond donors (Lipinski definition) is 1. The van der Waals surface area contributed by atoms with Crippen molar-refractivity contribution in [1.29, 1.82) is 0 Å². The van der Waals surface area contributed by atoms with Gasteiger partial charge >= 0.3 is 0 Å². The monoisotopic (exact) mass is 467 g/mol. The van der Waals surface area contributed by atoms with Crippen LogP contribution in [0, 0.1) is 11.3 Å². The van der Waals surface area contributed by atoms with Gasteiger partial charge in [0.1, 0.15) is 6.61 Å². The summed E-state index contributed by atoms with van der Waals surface area (Å²) in [5.41, 5.74) is 0.543. The number of likely N-dealkylation sites (tertiary alicyclic amines) is 1. The Kier molecular flexibility index (Phi) is 7.20. The summed E-state index contributed by atoms with van der Waals surface area (Å²) in [7, 11) is 1.64. The topological polar surface area (TPSA) is 68.2 Å². The summed E-state index contributed by atoms with van der Waals surface area (Å²) in [5, 5.41) is 11.2. The van der Waals surface area contributed by atoms with Crippen molar-refractivity contribution in [3.63, 3.8) is 0 Å². The fourth-order valence-corrected chi connectivity index (χ4v) is 4.71. The number of carbonyl (C=O) groups excluding carboxylic acids is 1. The average molecular weight is 468 g/mol. The maximum Gasteiger partial charge on any atom is 0.248 e. The normalized spacial score (nSPS) is 22.6. The molecular weight excluding hydrogens is 430 g/mol. The molecule has 6 nitrogen and oxygen atoms in total. The maximum atomic E-state index is 13.1. The summed E-state index contributed by atoms with van der Waals surface area (Å²) >= 11 is 0. The van der Waals surface area contributed by atoms with Crippen LogP contribution in [-0.4, -0.2) is 54.9 Å². The van der Waals surface area contributed by atoms with Crippen LogP contribution in [0.25, 0.3) is 0 Å². The van der Waals surface area contributed by atoms with E-state index in [-0.39, 0.29) is 18.4 Å². The van der Waals surface area contributed by atoms with Crippen LogP contribution < -0.4 is 9.47 Å². The van der Waals surface area contributed by atoms with Crippen molar-refractivity contribution in [3.8, 4) is 11.5 Å². The fraction of sp³-hybridized carbons (Fsp3) is 0.536. The van der Waals surface area contributed by atoms with E-state index in [0.717, 1.165) is 16.9 Å². The quantitative estimate of drug-likeness (QED) is 0.561. The minimum atomic E-state index is -0.993. The summed E-state index contributed by atoms with van der Waals surface area (Å²) in [6, 6.07) is 15.8. The second kappa shape index (κ2) is 9.96. The highest BCUT2D eigenvalue weighted by molar-refractivity contribution is 5.78. The predicted octanol–water partition coefficient (Wildman–Crippen LogP) is 4.40. The molecule has 0 spiro atoms. The number of methoxy groups -OCH3 is 1. The van der Waals surface area contributed by atoms with Crippen LogP contribution in [-0.2, 0) is 16.1 Å². The summed E-state index contributed by atoms with van der Waals surface area (Å²) in [5.74, 6) is 1.94. The van der Waals surface area contributed by atoms with Crippen LogP contribution in [0.15, 0.2) is 48.5 Å². The van der Waals surface area contributed by atoms with Crippen molar-refractivity contribution < 1.29 is 24.1 Å². The number of amides is 1. The number of rotatable bonds is 10. The molecule has 184 valence electrons. The molecule has 4 rings (SSSR count). The first-order chi connectivity index (χ1) is 16.2. The maximum absolute atomic E-state index is 13.1. The number of hydrogen-bond acceptors (Lipinski definition) is 5. The SMILES string of the molecule is COc1ccc(C2CN(C(=O)COCc3ccccc3)CC2(C)C(C)(C)O)cc1OCC1CC1. The van der Waals surface area contributed by atoms with Gasteiger partial charge in [-0.3, -0.25) is 4.79 Å². The van der Waals surface area contributed by atoms with Gasteiger partial charge in [-0.2, -0.15) is 0 Å². The van der Waals surface area contributed by atoms with E-state index < -0.39 is 11.0 Å². The molecule has 1 N–H and O–H groups in total. The molecule has 1 saturated heterocycles. The third-order valence-corrected chi connectivity index (χ3v) is 7.54. The molecule has 0 bridgehead atoms. The van der Waals surface area contributed by atoms with E-state index in [1.807, 2.05) is 67.3 Å². The van der Waals surface area contributed by atoms with Gasteiger partial charge in [-0.25, -0.2) is 0 Å². The van der Waals surface area contributed by atoms with Crippen molar-refractivity contribution in [2.24, 2.45) is 11.3 Å². The van der Waals surface area contributed by atoms with Crippen molar-refractivity contribution in [3.05, 3.63) is 59.7 Å². The van der Waals surface area contributed by atoms with Crippen LogP contribution in [0.4, 0.5) is 0 Å². The van der Waals surface area contributed by atoms with Crippen molar-refractivity contribution >= 4 is 5.91 Å². The summed E-state index contributed by atoms with van der Waals surface area (Å²) in [4.78, 5) is 14.9. The van der Waals surface area contributed by atoms with Crippen LogP contribution in [0.5, 0.6) is 11.5 Å². The zero-order valence-electron chi connectivity index (χ0n) is 20.8. The highest BCUT2D eigenvalue weighted by Gasteiger charge is 2.53. The third kappa shape index (κ3) is 5.39. The molecule has 0 radical (unpaired) electrons. The molecule has 34 heavy (non-hydrogen) atoms. The van der Waals surface area contributed by atoms with E-state index in [1.165, 1.54) is 12.8 Å². The van der Waals surface area contributed by atoms with Crippen molar-refractivity contribution in [2.45, 2.75) is 51.7 Å². The lowest BCUT2D eigenvalue weighted by atomic mass is 9.66. The molecule has 1 amide bonds. The molecule has 2 unspecified atom stereocenters. The van der Waals surface area contributed by atoms with Crippen LogP contribution >= 0.6 is 0 Å². The molecule has 6 heteroatoms. The van der Waals surface area contributed by atoms with E-state index in [4.69, 9.17) is 14.2 Å². The first-order valence-corrected chi connectivity index (χ1v) is 12.1. The Balaban J connectivity index is 1.50. The highest BCUT2D eigenvalue weighted by Crippen LogP contribution is 2.50. The number of benzene rings is 2. The Bertz CT molecular complexity index is 982. The summed E-state index contributed by atoms with van der Waals surface area (Å²) < 4.78 is 17.3. The minimum absolute atomic E-state index is 0.0158. The van der Waals surface area contributed by atoms with E-state index in [9.17, 15) is 9.90 Å². The molecule has 2 atom stereocenters. The molecule has 1 aliphatic heterocycles. The zero-order chi connectivity index (χ0) is 24.3. The Morgan fingerprint density at radius 2 is 1.88 bits per heavy atom. The van der Waals surface area contributed by atoms with Crippen molar-refractivity contribution in [1.82, 2.24) is 4.90 Å².